The van der Waals surface area contributed by atoms with E-state index in [1.807, 2.05) is 0 Å². The summed E-state index contributed by atoms with van der Waals surface area (Å²) < 4.78 is 5.32. The number of hydrogen-bond donors (Lipinski definition) is 1. The van der Waals surface area contributed by atoms with Crippen molar-refractivity contribution >= 4 is 23.2 Å². The van der Waals surface area contributed by atoms with Crippen LogP contribution in [0.2, 0.25) is 5.02 Å². The van der Waals surface area contributed by atoms with Crippen molar-refractivity contribution in [2.24, 2.45) is 0 Å². The summed E-state index contributed by atoms with van der Waals surface area (Å²) in [6, 6.07) is 3.35. The van der Waals surface area contributed by atoms with E-state index in [0.717, 1.165) is 0 Å². The van der Waals surface area contributed by atoms with Gasteiger partial charge in [0, 0.05) is 11.6 Å². The molecular weight excluding hydrogens is 298 g/mol. The standard InChI is InChI=1S/C13H12ClN3O4/c1-7-6-15-13(21-7)8(2)16-12(18)9-3-4-11(17(19)20)10(14)5-9/h3-6,8H,1-2H3,(H,16,18). The van der Waals surface area contributed by atoms with Crippen molar-refractivity contribution in [1.82, 2.24) is 10.3 Å². The molecule has 0 aliphatic rings. The molecule has 1 N–H and O–H groups in total. The first kappa shape index (κ1) is 15.0. The summed E-state index contributed by atoms with van der Waals surface area (Å²) in [6.45, 7) is 3.47. The quantitative estimate of drug-likeness (QED) is 0.691. The van der Waals surface area contributed by atoms with Crippen molar-refractivity contribution in [2.45, 2.75) is 19.9 Å². The van der Waals surface area contributed by atoms with Gasteiger partial charge in [0.25, 0.3) is 11.6 Å². The summed E-state index contributed by atoms with van der Waals surface area (Å²) in [7, 11) is 0. The van der Waals surface area contributed by atoms with Crippen molar-refractivity contribution in [3.8, 4) is 0 Å². The first-order chi connectivity index (χ1) is 9.88. The molecule has 1 aromatic heterocycles. The molecule has 1 atom stereocenters. The van der Waals surface area contributed by atoms with Crippen LogP contribution in [0.3, 0.4) is 0 Å². The van der Waals surface area contributed by atoms with E-state index < -0.39 is 16.9 Å². The Kier molecular flexibility index (Phi) is 4.23. The molecule has 1 heterocycles. The minimum Gasteiger partial charge on any atom is -0.444 e. The fraction of sp³-hybridized carbons (Fsp3) is 0.231. The molecule has 0 bridgehead atoms. The van der Waals surface area contributed by atoms with Crippen molar-refractivity contribution in [1.29, 1.82) is 0 Å². The van der Waals surface area contributed by atoms with Crippen molar-refractivity contribution in [2.75, 3.05) is 0 Å². The van der Waals surface area contributed by atoms with Crippen LogP contribution in [0.25, 0.3) is 0 Å². The maximum Gasteiger partial charge on any atom is 0.287 e. The molecule has 0 saturated carbocycles. The maximum absolute atomic E-state index is 12.1. The highest BCUT2D eigenvalue weighted by Gasteiger charge is 2.18. The van der Waals surface area contributed by atoms with E-state index in [1.54, 1.807) is 20.0 Å². The number of aromatic nitrogens is 1. The third-order valence-corrected chi connectivity index (χ3v) is 3.07. The monoisotopic (exact) mass is 309 g/mol. The van der Waals surface area contributed by atoms with Crippen molar-refractivity contribution in [3.05, 3.63) is 56.7 Å². The molecule has 0 radical (unpaired) electrons. The highest BCUT2D eigenvalue weighted by atomic mass is 35.5. The molecule has 0 aliphatic carbocycles. The van der Waals surface area contributed by atoms with Crippen LogP contribution in [-0.4, -0.2) is 15.8 Å². The summed E-state index contributed by atoms with van der Waals surface area (Å²) >= 11 is 5.77. The van der Waals surface area contributed by atoms with Gasteiger partial charge in [0.15, 0.2) is 0 Å². The second kappa shape index (κ2) is 5.92. The van der Waals surface area contributed by atoms with E-state index in [4.69, 9.17) is 16.0 Å². The van der Waals surface area contributed by atoms with Gasteiger partial charge >= 0.3 is 0 Å². The number of hydrogen-bond acceptors (Lipinski definition) is 5. The minimum absolute atomic E-state index is 0.0905. The molecule has 21 heavy (non-hydrogen) atoms. The van der Waals surface area contributed by atoms with Gasteiger partial charge in [0.2, 0.25) is 5.89 Å². The highest BCUT2D eigenvalue weighted by Crippen LogP contribution is 2.25. The number of nitrogens with one attached hydrogen (secondary N) is 1. The Morgan fingerprint density at radius 1 is 1.52 bits per heavy atom. The first-order valence-corrected chi connectivity index (χ1v) is 6.43. The summed E-state index contributed by atoms with van der Waals surface area (Å²) in [6.07, 6.45) is 1.56. The van der Waals surface area contributed by atoms with E-state index >= 15 is 0 Å². The Labute approximate surface area is 125 Å². The van der Waals surface area contributed by atoms with Gasteiger partial charge in [-0.2, -0.15) is 0 Å². The van der Waals surface area contributed by atoms with Gasteiger partial charge in [-0.05, 0) is 26.0 Å². The molecule has 2 rings (SSSR count). The molecule has 1 unspecified atom stereocenters. The molecule has 0 saturated heterocycles. The smallest absolute Gasteiger partial charge is 0.287 e. The van der Waals surface area contributed by atoms with E-state index in [9.17, 15) is 14.9 Å². The summed E-state index contributed by atoms with van der Waals surface area (Å²) in [5.41, 5.74) is -0.0229. The number of oxazole rings is 1. The number of rotatable bonds is 4. The second-order valence-electron chi connectivity index (χ2n) is 4.43. The zero-order valence-corrected chi connectivity index (χ0v) is 12.0. The highest BCUT2D eigenvalue weighted by molar-refractivity contribution is 6.33. The maximum atomic E-state index is 12.1. The second-order valence-corrected chi connectivity index (χ2v) is 4.83. The average Bonchev–Trinajstić information content (AvgIpc) is 2.84. The van der Waals surface area contributed by atoms with E-state index in [1.165, 1.54) is 18.2 Å². The van der Waals surface area contributed by atoms with Gasteiger partial charge in [0.1, 0.15) is 16.8 Å². The van der Waals surface area contributed by atoms with E-state index in [0.29, 0.717) is 11.7 Å². The lowest BCUT2D eigenvalue weighted by molar-refractivity contribution is -0.384. The number of amides is 1. The number of carbonyl (C=O) groups excluding carboxylic acids is 1. The van der Waals surface area contributed by atoms with Gasteiger partial charge in [0.05, 0.1) is 11.1 Å². The fourth-order valence-electron chi connectivity index (χ4n) is 1.71. The molecule has 0 aliphatic heterocycles. The predicted octanol–water partition coefficient (Wildman–Crippen LogP) is 3.04. The van der Waals surface area contributed by atoms with Crippen molar-refractivity contribution < 1.29 is 14.1 Å². The van der Waals surface area contributed by atoms with Gasteiger partial charge in [-0.1, -0.05) is 11.6 Å². The Morgan fingerprint density at radius 3 is 2.76 bits per heavy atom. The normalized spacial score (nSPS) is 12.0. The minimum atomic E-state index is -0.609. The predicted molar refractivity (Wildman–Crippen MR) is 75.2 cm³/mol. The lowest BCUT2D eigenvalue weighted by atomic mass is 10.2. The van der Waals surface area contributed by atoms with Crippen LogP contribution < -0.4 is 5.32 Å². The van der Waals surface area contributed by atoms with Crippen LogP contribution in [0, 0.1) is 17.0 Å². The molecule has 2 aromatic rings. The summed E-state index contributed by atoms with van der Waals surface area (Å²) in [4.78, 5) is 26.1. The Bertz CT molecular complexity index is 698. The number of nitrogens with zero attached hydrogens (tertiary/aromatic N) is 2. The largest absolute Gasteiger partial charge is 0.444 e. The fourth-order valence-corrected chi connectivity index (χ4v) is 1.96. The lowest BCUT2D eigenvalue weighted by Crippen LogP contribution is -2.26. The number of benzene rings is 1. The third-order valence-electron chi connectivity index (χ3n) is 2.76. The molecule has 110 valence electrons. The Morgan fingerprint density at radius 2 is 2.24 bits per heavy atom. The molecule has 8 heteroatoms. The topological polar surface area (TPSA) is 98.3 Å². The average molecular weight is 310 g/mol. The summed E-state index contributed by atoms with van der Waals surface area (Å²) in [5, 5.41) is 13.3. The number of aryl methyl sites for hydroxylation is 1. The Balaban J connectivity index is 2.13. The molecule has 1 amide bonds. The van der Waals surface area contributed by atoms with Gasteiger partial charge in [-0.3, -0.25) is 14.9 Å². The van der Waals surface area contributed by atoms with Gasteiger partial charge < -0.3 is 9.73 Å². The van der Waals surface area contributed by atoms with Crippen LogP contribution in [0.5, 0.6) is 0 Å². The zero-order valence-electron chi connectivity index (χ0n) is 11.3. The number of nitro groups is 1. The van der Waals surface area contributed by atoms with Gasteiger partial charge in [-0.25, -0.2) is 4.98 Å². The Hall–Kier alpha value is -2.41. The third kappa shape index (κ3) is 3.38. The van der Waals surface area contributed by atoms with E-state index in [-0.39, 0.29) is 16.3 Å². The number of carbonyl (C=O) groups is 1. The molecule has 7 nitrogen and oxygen atoms in total. The first-order valence-electron chi connectivity index (χ1n) is 6.05. The molecule has 0 spiro atoms. The molecular formula is C13H12ClN3O4. The van der Waals surface area contributed by atoms with Crippen molar-refractivity contribution in [3.63, 3.8) is 0 Å². The van der Waals surface area contributed by atoms with E-state index in [2.05, 4.69) is 10.3 Å². The summed E-state index contributed by atoms with van der Waals surface area (Å²) in [5.74, 6) is 0.605. The van der Waals surface area contributed by atoms with Crippen LogP contribution in [0.15, 0.2) is 28.8 Å². The zero-order chi connectivity index (χ0) is 15.6. The van der Waals surface area contributed by atoms with Crippen LogP contribution >= 0.6 is 11.6 Å². The van der Waals surface area contributed by atoms with Gasteiger partial charge in [-0.15, -0.1) is 0 Å². The number of nitro benzene ring substituents is 1. The van der Waals surface area contributed by atoms with Crippen LogP contribution in [-0.2, 0) is 0 Å². The number of halogens is 1. The molecule has 1 aromatic carbocycles. The van der Waals surface area contributed by atoms with Crippen LogP contribution in [0.4, 0.5) is 5.69 Å². The van der Waals surface area contributed by atoms with Crippen LogP contribution in [0.1, 0.15) is 35.0 Å². The lowest BCUT2D eigenvalue weighted by Gasteiger charge is -2.10. The SMILES string of the molecule is Cc1cnc(C(C)NC(=O)c2ccc([N+](=O)[O-])c(Cl)c2)o1. The molecule has 0 fully saturated rings.